The van der Waals surface area contributed by atoms with Gasteiger partial charge in [0.15, 0.2) is 0 Å². The number of fused-ring (bicyclic) bond motifs is 1. The van der Waals surface area contributed by atoms with Crippen molar-refractivity contribution in [3.05, 3.63) is 89.2 Å². The van der Waals surface area contributed by atoms with Crippen molar-refractivity contribution in [3.8, 4) is 5.75 Å². The lowest BCUT2D eigenvalue weighted by Gasteiger charge is -2.28. The van der Waals surface area contributed by atoms with E-state index >= 15 is 0 Å². The Labute approximate surface area is 180 Å². The van der Waals surface area contributed by atoms with Gasteiger partial charge in [0.2, 0.25) is 10.0 Å². The van der Waals surface area contributed by atoms with Crippen LogP contribution in [-0.2, 0) is 23.0 Å². The van der Waals surface area contributed by atoms with Crippen LogP contribution in [0.5, 0.6) is 5.75 Å². The first-order valence-electron chi connectivity index (χ1n) is 9.70. The van der Waals surface area contributed by atoms with Crippen LogP contribution >= 0.6 is 0 Å². The highest BCUT2D eigenvalue weighted by atomic mass is 32.2. The second-order valence-corrected chi connectivity index (χ2v) is 9.15. The molecule has 31 heavy (non-hydrogen) atoms. The number of amides is 1. The SMILES string of the molecule is COc1cccc(C(=O)Nc2ccc3c(c2)CN(S(=O)(=O)c2ccc(F)cc2)CC3)c1. The van der Waals surface area contributed by atoms with Crippen molar-refractivity contribution in [1.29, 1.82) is 0 Å². The summed E-state index contributed by atoms with van der Waals surface area (Å²) >= 11 is 0. The minimum Gasteiger partial charge on any atom is -0.497 e. The number of nitrogens with one attached hydrogen (secondary N) is 1. The molecular formula is C23H21FN2O4S. The third-order valence-corrected chi connectivity index (χ3v) is 7.08. The predicted molar refractivity (Wildman–Crippen MR) is 115 cm³/mol. The van der Waals surface area contributed by atoms with E-state index in [1.54, 1.807) is 36.4 Å². The number of benzene rings is 3. The maximum absolute atomic E-state index is 13.2. The molecule has 4 rings (SSSR count). The van der Waals surface area contributed by atoms with Crippen LogP contribution < -0.4 is 10.1 Å². The molecule has 0 saturated carbocycles. The Bertz CT molecular complexity index is 1230. The van der Waals surface area contributed by atoms with Gasteiger partial charge in [-0.1, -0.05) is 12.1 Å². The zero-order valence-corrected chi connectivity index (χ0v) is 17.7. The second kappa shape index (κ2) is 8.49. The van der Waals surface area contributed by atoms with Crippen LogP contribution in [0, 0.1) is 5.82 Å². The maximum atomic E-state index is 13.2. The number of hydrogen-bond acceptors (Lipinski definition) is 4. The largest absolute Gasteiger partial charge is 0.497 e. The van der Waals surface area contributed by atoms with E-state index in [1.807, 2.05) is 6.07 Å². The molecule has 3 aromatic carbocycles. The molecule has 0 aromatic heterocycles. The average Bonchev–Trinajstić information content (AvgIpc) is 2.79. The van der Waals surface area contributed by atoms with E-state index in [0.717, 1.165) is 23.3 Å². The number of carbonyl (C=O) groups is 1. The lowest BCUT2D eigenvalue weighted by atomic mass is 10.0. The minimum atomic E-state index is -3.74. The molecule has 3 aromatic rings. The molecule has 1 amide bonds. The Morgan fingerprint density at radius 2 is 1.81 bits per heavy atom. The van der Waals surface area contributed by atoms with Gasteiger partial charge >= 0.3 is 0 Å². The molecule has 8 heteroatoms. The van der Waals surface area contributed by atoms with Gasteiger partial charge in [0.1, 0.15) is 11.6 Å². The molecule has 0 spiro atoms. The fourth-order valence-corrected chi connectivity index (χ4v) is 4.96. The number of rotatable bonds is 5. The molecule has 1 N–H and O–H groups in total. The van der Waals surface area contributed by atoms with E-state index < -0.39 is 15.8 Å². The molecule has 0 aliphatic carbocycles. The molecule has 0 fully saturated rings. The third-order valence-electron chi connectivity index (χ3n) is 5.22. The fourth-order valence-electron chi connectivity index (χ4n) is 3.54. The van der Waals surface area contributed by atoms with Gasteiger partial charge < -0.3 is 10.1 Å². The van der Waals surface area contributed by atoms with Gasteiger partial charge in [-0.3, -0.25) is 4.79 Å². The number of methoxy groups -OCH3 is 1. The highest BCUT2D eigenvalue weighted by Crippen LogP contribution is 2.27. The summed E-state index contributed by atoms with van der Waals surface area (Å²) in [7, 11) is -2.21. The van der Waals surface area contributed by atoms with Crippen molar-refractivity contribution in [2.75, 3.05) is 19.0 Å². The van der Waals surface area contributed by atoms with E-state index in [1.165, 1.54) is 23.5 Å². The van der Waals surface area contributed by atoms with Crippen LogP contribution in [0.15, 0.2) is 71.6 Å². The number of anilines is 1. The maximum Gasteiger partial charge on any atom is 0.255 e. The first-order chi connectivity index (χ1) is 14.9. The lowest BCUT2D eigenvalue weighted by Crippen LogP contribution is -2.36. The fraction of sp³-hybridized carbons (Fsp3) is 0.174. The molecule has 6 nitrogen and oxygen atoms in total. The number of ether oxygens (including phenoxy) is 1. The van der Waals surface area contributed by atoms with Gasteiger partial charge in [0, 0.05) is 24.3 Å². The smallest absolute Gasteiger partial charge is 0.255 e. The summed E-state index contributed by atoms with van der Waals surface area (Å²) in [5.74, 6) is -0.190. The summed E-state index contributed by atoms with van der Waals surface area (Å²) in [5, 5.41) is 2.85. The highest BCUT2D eigenvalue weighted by Gasteiger charge is 2.28. The quantitative estimate of drug-likeness (QED) is 0.654. The van der Waals surface area contributed by atoms with Gasteiger partial charge in [-0.15, -0.1) is 0 Å². The van der Waals surface area contributed by atoms with Gasteiger partial charge in [-0.05, 0) is 72.1 Å². The van der Waals surface area contributed by atoms with E-state index in [-0.39, 0.29) is 17.3 Å². The van der Waals surface area contributed by atoms with Crippen LogP contribution in [0.4, 0.5) is 10.1 Å². The molecular weight excluding hydrogens is 419 g/mol. The van der Waals surface area contributed by atoms with E-state index in [9.17, 15) is 17.6 Å². The van der Waals surface area contributed by atoms with Crippen molar-refractivity contribution >= 4 is 21.6 Å². The Morgan fingerprint density at radius 1 is 1.03 bits per heavy atom. The van der Waals surface area contributed by atoms with Crippen molar-refractivity contribution in [3.63, 3.8) is 0 Å². The summed E-state index contributed by atoms with van der Waals surface area (Å²) in [6, 6.07) is 17.1. The molecule has 1 aliphatic heterocycles. The van der Waals surface area contributed by atoms with Crippen LogP contribution in [0.25, 0.3) is 0 Å². The van der Waals surface area contributed by atoms with Crippen LogP contribution in [-0.4, -0.2) is 32.3 Å². The number of halogens is 1. The van der Waals surface area contributed by atoms with E-state index in [4.69, 9.17) is 4.74 Å². The zero-order chi connectivity index (χ0) is 22.0. The van der Waals surface area contributed by atoms with Crippen LogP contribution in [0.1, 0.15) is 21.5 Å². The van der Waals surface area contributed by atoms with Crippen LogP contribution in [0.3, 0.4) is 0 Å². The Morgan fingerprint density at radius 3 is 2.55 bits per heavy atom. The summed E-state index contributed by atoms with van der Waals surface area (Å²) in [4.78, 5) is 12.6. The average molecular weight is 440 g/mol. The van der Waals surface area contributed by atoms with Gasteiger partial charge in [0.05, 0.1) is 12.0 Å². The number of nitrogens with zero attached hydrogens (tertiary/aromatic N) is 1. The lowest BCUT2D eigenvalue weighted by molar-refractivity contribution is 0.102. The molecule has 0 radical (unpaired) electrons. The summed E-state index contributed by atoms with van der Waals surface area (Å²) in [6.45, 7) is 0.514. The topological polar surface area (TPSA) is 75.7 Å². The molecule has 0 saturated heterocycles. The normalized spacial score (nSPS) is 14.0. The van der Waals surface area contributed by atoms with Crippen molar-refractivity contribution in [1.82, 2.24) is 4.31 Å². The molecule has 0 atom stereocenters. The number of hydrogen-bond donors (Lipinski definition) is 1. The Balaban J connectivity index is 1.54. The number of sulfonamides is 1. The van der Waals surface area contributed by atoms with Crippen molar-refractivity contribution in [2.24, 2.45) is 0 Å². The van der Waals surface area contributed by atoms with Gasteiger partial charge in [-0.25, -0.2) is 12.8 Å². The molecule has 1 heterocycles. The molecule has 0 bridgehead atoms. The molecule has 1 aliphatic rings. The highest BCUT2D eigenvalue weighted by molar-refractivity contribution is 7.89. The van der Waals surface area contributed by atoms with Gasteiger partial charge in [-0.2, -0.15) is 4.31 Å². The zero-order valence-electron chi connectivity index (χ0n) is 16.8. The van der Waals surface area contributed by atoms with Gasteiger partial charge in [0.25, 0.3) is 5.91 Å². The minimum absolute atomic E-state index is 0.0554. The number of carbonyl (C=O) groups excluding carboxylic acids is 1. The second-order valence-electron chi connectivity index (χ2n) is 7.21. The Kier molecular flexibility index (Phi) is 5.75. The third kappa shape index (κ3) is 4.45. The first-order valence-corrected chi connectivity index (χ1v) is 11.1. The Hall–Kier alpha value is -3.23. The van der Waals surface area contributed by atoms with Crippen LogP contribution in [0.2, 0.25) is 0 Å². The standard InChI is InChI=1S/C23H21FN2O4S/c1-30-21-4-2-3-17(14-21)23(27)25-20-8-5-16-11-12-26(15-18(16)13-20)31(28,29)22-9-6-19(24)7-10-22/h2-10,13-14H,11-12,15H2,1H3,(H,25,27). The monoisotopic (exact) mass is 440 g/mol. The molecule has 0 unspecified atom stereocenters. The summed E-state index contributed by atoms with van der Waals surface area (Å²) < 4.78 is 45.6. The molecule has 160 valence electrons. The summed E-state index contributed by atoms with van der Waals surface area (Å²) in [5.41, 5.74) is 2.88. The van der Waals surface area contributed by atoms with Crippen molar-refractivity contribution < 1.29 is 22.3 Å². The predicted octanol–water partition coefficient (Wildman–Crippen LogP) is 3.83. The van der Waals surface area contributed by atoms with E-state index in [0.29, 0.717) is 30.0 Å². The summed E-state index contributed by atoms with van der Waals surface area (Å²) in [6.07, 6.45) is 0.555. The van der Waals surface area contributed by atoms with E-state index in [2.05, 4.69) is 5.32 Å². The first kappa shape index (κ1) is 21.0. The van der Waals surface area contributed by atoms with Crippen molar-refractivity contribution in [2.45, 2.75) is 17.9 Å².